The number of para-hydroxylation sites is 1. The molecule has 0 fully saturated rings. The van der Waals surface area contributed by atoms with Crippen molar-refractivity contribution in [3.8, 4) is 11.5 Å². The topological polar surface area (TPSA) is 112 Å². The van der Waals surface area contributed by atoms with Gasteiger partial charge in [0.05, 0.1) is 35.3 Å². The minimum atomic E-state index is -0.878. The molecule has 0 saturated carbocycles. The summed E-state index contributed by atoms with van der Waals surface area (Å²) >= 11 is 6.88. The van der Waals surface area contributed by atoms with Crippen LogP contribution in [-0.4, -0.2) is 41.7 Å². The van der Waals surface area contributed by atoms with Crippen LogP contribution < -0.4 is 20.7 Å². The van der Waals surface area contributed by atoms with Gasteiger partial charge in [0.15, 0.2) is 17.6 Å². The number of benzene rings is 2. The highest BCUT2D eigenvalue weighted by molar-refractivity contribution is 9.13. The number of hydrogen-bond acceptors (Lipinski definition) is 7. The van der Waals surface area contributed by atoms with E-state index in [0.29, 0.717) is 37.8 Å². The first-order valence-corrected chi connectivity index (χ1v) is 11.0. The molecule has 0 aliphatic rings. The minimum absolute atomic E-state index is 0.287. The molecule has 0 radical (unpaired) electrons. The summed E-state index contributed by atoms with van der Waals surface area (Å²) in [5.74, 6) is 0.0741. The summed E-state index contributed by atoms with van der Waals surface area (Å²) in [6.45, 7) is 3.68. The van der Waals surface area contributed by atoms with Gasteiger partial charge in [-0.05, 0) is 63.9 Å². The van der Waals surface area contributed by atoms with Gasteiger partial charge in [-0.15, -0.1) is 4.68 Å². The predicted molar refractivity (Wildman–Crippen MR) is 127 cm³/mol. The largest absolute Gasteiger partial charge is 0.490 e. The van der Waals surface area contributed by atoms with Crippen molar-refractivity contribution >= 4 is 54.9 Å². The summed E-state index contributed by atoms with van der Waals surface area (Å²) in [4.78, 5) is 39.4. The van der Waals surface area contributed by atoms with E-state index in [0.717, 1.165) is 4.68 Å². The quantitative estimate of drug-likeness (QED) is 0.345. The molecule has 0 aliphatic heterocycles. The van der Waals surface area contributed by atoms with Crippen molar-refractivity contribution < 1.29 is 19.0 Å². The number of methoxy groups -OCH3 is 1. The maximum atomic E-state index is 12.7. The highest BCUT2D eigenvalue weighted by Gasteiger charge is 2.22. The summed E-state index contributed by atoms with van der Waals surface area (Å²) in [7, 11) is 1.27. The number of ether oxygens (including phenoxy) is 3. The molecule has 0 spiro atoms. The lowest BCUT2D eigenvalue weighted by Gasteiger charge is -2.19. The Morgan fingerprint density at radius 2 is 1.97 bits per heavy atom. The smallest absolute Gasteiger partial charge is 0.349 e. The van der Waals surface area contributed by atoms with Crippen LogP contribution in [0.25, 0.3) is 10.9 Å². The van der Waals surface area contributed by atoms with Gasteiger partial charge < -0.3 is 19.2 Å². The number of esters is 1. The number of fused-ring (bicyclic) bond motifs is 1. The predicted octanol–water partition coefficient (Wildman–Crippen LogP) is 3.44. The maximum absolute atomic E-state index is 12.7. The van der Waals surface area contributed by atoms with Gasteiger partial charge in [-0.1, -0.05) is 12.1 Å². The zero-order valence-electron chi connectivity index (χ0n) is 17.3. The summed E-state index contributed by atoms with van der Waals surface area (Å²) in [5, 5.41) is 4.41. The second-order valence-electron chi connectivity index (χ2n) is 6.47. The van der Waals surface area contributed by atoms with Gasteiger partial charge in [-0.2, -0.15) is 5.10 Å². The highest BCUT2D eigenvalue weighted by Crippen LogP contribution is 2.43. The Morgan fingerprint density at radius 3 is 2.66 bits per heavy atom. The number of rotatable bonds is 7. The zero-order chi connectivity index (χ0) is 23.4. The van der Waals surface area contributed by atoms with Gasteiger partial charge in [0.2, 0.25) is 0 Å². The Bertz CT molecular complexity index is 1320. The molecular formula is C21H19Br2N3O6. The molecule has 3 rings (SSSR count). The first-order valence-electron chi connectivity index (χ1n) is 9.46. The van der Waals surface area contributed by atoms with E-state index in [1.807, 2.05) is 0 Å². The summed E-state index contributed by atoms with van der Waals surface area (Å²) < 4.78 is 17.8. The second-order valence-corrected chi connectivity index (χ2v) is 8.06. The number of aromatic nitrogens is 2. The zero-order valence-corrected chi connectivity index (χ0v) is 20.5. The third kappa shape index (κ3) is 4.78. The third-order valence-corrected chi connectivity index (χ3v) is 6.52. The fourth-order valence-corrected chi connectivity index (χ4v) is 3.75. The number of carbonyl (C=O) groups is 1. The van der Waals surface area contributed by atoms with Crippen molar-refractivity contribution in [1.29, 1.82) is 0 Å². The van der Waals surface area contributed by atoms with Crippen LogP contribution in [0.1, 0.15) is 19.4 Å². The lowest BCUT2D eigenvalue weighted by molar-refractivity contribution is -0.148. The number of nitrogens with one attached hydrogen (secondary N) is 1. The van der Waals surface area contributed by atoms with Crippen LogP contribution in [0.15, 0.2) is 54.0 Å². The fraction of sp³-hybridized carbons (Fsp3) is 0.238. The number of aromatic amines is 1. The molecule has 9 nitrogen and oxygen atoms in total. The van der Waals surface area contributed by atoms with E-state index >= 15 is 0 Å². The van der Waals surface area contributed by atoms with E-state index in [2.05, 4.69) is 41.9 Å². The molecule has 0 saturated heterocycles. The van der Waals surface area contributed by atoms with Gasteiger partial charge in [-0.3, -0.25) is 4.79 Å². The Kier molecular flexibility index (Phi) is 7.52. The van der Waals surface area contributed by atoms with Crippen LogP contribution in [0.3, 0.4) is 0 Å². The fourth-order valence-electron chi connectivity index (χ4n) is 2.84. The molecule has 1 heterocycles. The van der Waals surface area contributed by atoms with E-state index in [1.165, 1.54) is 13.3 Å². The molecule has 0 amide bonds. The van der Waals surface area contributed by atoms with Crippen molar-refractivity contribution in [2.24, 2.45) is 5.10 Å². The number of H-pyrrole nitrogens is 1. The van der Waals surface area contributed by atoms with Crippen molar-refractivity contribution in [2.45, 2.75) is 20.0 Å². The molecule has 3 aromatic rings. The van der Waals surface area contributed by atoms with E-state index in [1.54, 1.807) is 44.2 Å². The van der Waals surface area contributed by atoms with Gasteiger partial charge in [0.25, 0.3) is 5.56 Å². The van der Waals surface area contributed by atoms with Crippen molar-refractivity contribution in [2.75, 3.05) is 13.7 Å². The monoisotopic (exact) mass is 567 g/mol. The number of halogens is 2. The molecule has 32 heavy (non-hydrogen) atoms. The van der Waals surface area contributed by atoms with Crippen LogP contribution in [0, 0.1) is 0 Å². The van der Waals surface area contributed by atoms with Crippen LogP contribution in [0.5, 0.6) is 11.5 Å². The number of nitrogens with zero attached hydrogens (tertiary/aromatic N) is 2. The van der Waals surface area contributed by atoms with Gasteiger partial charge in [-0.25, -0.2) is 9.59 Å². The average molecular weight is 569 g/mol. The van der Waals surface area contributed by atoms with Crippen molar-refractivity contribution in [1.82, 2.24) is 9.66 Å². The normalized spacial score (nSPS) is 12.2. The van der Waals surface area contributed by atoms with Crippen molar-refractivity contribution in [3.63, 3.8) is 0 Å². The Morgan fingerprint density at radius 1 is 1.25 bits per heavy atom. The first-order chi connectivity index (χ1) is 15.3. The Balaban J connectivity index is 2.07. The lowest BCUT2D eigenvalue weighted by atomic mass is 10.2. The van der Waals surface area contributed by atoms with Crippen LogP contribution in [0.2, 0.25) is 0 Å². The molecule has 168 valence electrons. The van der Waals surface area contributed by atoms with Gasteiger partial charge in [0.1, 0.15) is 0 Å². The van der Waals surface area contributed by atoms with Crippen molar-refractivity contribution in [3.05, 3.63) is 65.7 Å². The van der Waals surface area contributed by atoms with Crippen LogP contribution in [-0.2, 0) is 9.53 Å². The maximum Gasteiger partial charge on any atom is 0.349 e. The summed E-state index contributed by atoms with van der Waals surface area (Å²) in [6.07, 6.45) is 0.465. The summed E-state index contributed by atoms with van der Waals surface area (Å²) in [5.41, 5.74) is -0.291. The molecule has 1 N–H and O–H groups in total. The van der Waals surface area contributed by atoms with E-state index in [9.17, 15) is 14.4 Å². The Hall–Kier alpha value is -2.92. The molecule has 11 heteroatoms. The standard InChI is InChI=1S/C21H19Br2N3O6/c1-4-31-15-9-12(16(22)17(23)18(15)32-11(2)20(28)30-3)10-24-26-19(27)13-7-5-6-8-14(13)25-21(26)29/h5-11H,4H2,1-3H3,(H,25,29)/t11-/m0/s1. The van der Waals surface area contributed by atoms with Crippen LogP contribution in [0.4, 0.5) is 0 Å². The SMILES string of the molecule is CCOc1cc(C=Nn2c(=O)[nH]c3ccccc3c2=O)c(Br)c(Br)c1O[C@@H](C)C(=O)OC. The summed E-state index contributed by atoms with van der Waals surface area (Å²) in [6, 6.07) is 8.28. The second kappa shape index (κ2) is 10.1. The minimum Gasteiger partial charge on any atom is -0.490 e. The molecule has 2 aromatic carbocycles. The third-order valence-electron chi connectivity index (χ3n) is 4.38. The van der Waals surface area contributed by atoms with E-state index in [4.69, 9.17) is 14.2 Å². The lowest BCUT2D eigenvalue weighted by Crippen LogP contribution is -2.32. The van der Waals surface area contributed by atoms with E-state index in [-0.39, 0.29) is 5.75 Å². The highest BCUT2D eigenvalue weighted by atomic mass is 79.9. The molecule has 1 aromatic heterocycles. The van der Waals surface area contributed by atoms with E-state index < -0.39 is 23.3 Å². The number of hydrogen-bond donors (Lipinski definition) is 1. The molecule has 0 aliphatic carbocycles. The first kappa shape index (κ1) is 23.7. The average Bonchev–Trinajstić information content (AvgIpc) is 2.78. The number of carbonyl (C=O) groups excluding carboxylic acids is 1. The molecule has 1 atom stereocenters. The Labute approximate surface area is 199 Å². The molecule has 0 unspecified atom stereocenters. The molecular weight excluding hydrogens is 550 g/mol. The van der Waals surface area contributed by atoms with Gasteiger partial charge >= 0.3 is 11.7 Å². The van der Waals surface area contributed by atoms with Gasteiger partial charge in [0, 0.05) is 10.0 Å². The molecule has 0 bridgehead atoms. The van der Waals surface area contributed by atoms with Crippen LogP contribution >= 0.6 is 31.9 Å².